The van der Waals surface area contributed by atoms with Crippen LogP contribution < -0.4 is 14.2 Å². The number of carbonyl (C=O) groups is 1. The van der Waals surface area contributed by atoms with Crippen LogP contribution in [0.15, 0.2) is 85.1 Å². The van der Waals surface area contributed by atoms with Gasteiger partial charge in [-0.05, 0) is 48.0 Å². The van der Waals surface area contributed by atoms with Gasteiger partial charge in [0.25, 0.3) is 0 Å². The monoisotopic (exact) mass is 483 g/mol. The maximum atomic E-state index is 13.0. The Bertz CT molecular complexity index is 1360. The summed E-state index contributed by atoms with van der Waals surface area (Å²) in [6, 6.07) is 23.2. The van der Waals surface area contributed by atoms with E-state index in [9.17, 15) is 4.79 Å². The van der Waals surface area contributed by atoms with Crippen LogP contribution in [-0.4, -0.2) is 49.0 Å². The minimum atomic E-state index is -0.136. The molecule has 184 valence electrons. The summed E-state index contributed by atoms with van der Waals surface area (Å²) >= 11 is 0. The summed E-state index contributed by atoms with van der Waals surface area (Å²) in [5.74, 6) is 1.85. The molecule has 0 saturated heterocycles. The normalized spacial score (nSPS) is 10.9. The predicted octanol–water partition coefficient (Wildman–Crippen LogP) is 5.24. The number of aromatic nitrogens is 2. The number of para-hydroxylation sites is 2. The number of hydrogen-bond donors (Lipinski definition) is 0. The molecule has 1 amide bonds. The molecule has 7 nitrogen and oxygen atoms in total. The van der Waals surface area contributed by atoms with Crippen molar-refractivity contribution in [1.82, 2.24) is 14.7 Å². The maximum Gasteiger partial charge on any atom is 0.246 e. The molecule has 1 heterocycles. The van der Waals surface area contributed by atoms with Crippen molar-refractivity contribution >= 4 is 12.0 Å². The van der Waals surface area contributed by atoms with Crippen molar-refractivity contribution in [2.45, 2.75) is 6.54 Å². The van der Waals surface area contributed by atoms with Gasteiger partial charge in [0, 0.05) is 37.0 Å². The van der Waals surface area contributed by atoms with E-state index in [1.54, 1.807) is 50.1 Å². The second-order valence-electron chi connectivity index (χ2n) is 8.13. The van der Waals surface area contributed by atoms with Crippen LogP contribution in [0.25, 0.3) is 23.0 Å². The Morgan fingerprint density at radius 3 is 2.31 bits per heavy atom. The number of methoxy groups -OCH3 is 3. The topological polar surface area (TPSA) is 65.8 Å². The molecule has 3 aromatic carbocycles. The van der Waals surface area contributed by atoms with E-state index >= 15 is 0 Å². The molecular weight excluding hydrogens is 454 g/mol. The standard InChI is InChI=1S/C29H29N3O4/c1-31(19-21-14-16-26(35-3)27(18-21)36-4)28(33)17-15-22-20-32(23-10-6-5-7-11-23)30-29(22)24-12-8-9-13-25(24)34-2/h5-18,20H,19H2,1-4H3/b17-15-. The zero-order valence-corrected chi connectivity index (χ0v) is 20.8. The molecule has 4 aromatic rings. The van der Waals surface area contributed by atoms with Gasteiger partial charge in [-0.2, -0.15) is 5.10 Å². The molecule has 0 aliphatic rings. The van der Waals surface area contributed by atoms with Gasteiger partial charge in [0.1, 0.15) is 11.4 Å². The molecule has 0 aliphatic heterocycles. The van der Waals surface area contributed by atoms with Crippen molar-refractivity contribution in [3.63, 3.8) is 0 Å². The van der Waals surface area contributed by atoms with Gasteiger partial charge in [0.2, 0.25) is 5.91 Å². The van der Waals surface area contributed by atoms with Crippen molar-refractivity contribution in [3.8, 4) is 34.2 Å². The van der Waals surface area contributed by atoms with Crippen LogP contribution in [0.1, 0.15) is 11.1 Å². The molecule has 0 bridgehead atoms. The lowest BCUT2D eigenvalue weighted by Crippen LogP contribution is -2.24. The third-order valence-corrected chi connectivity index (χ3v) is 5.77. The molecule has 0 atom stereocenters. The van der Waals surface area contributed by atoms with Crippen molar-refractivity contribution in [2.75, 3.05) is 28.4 Å². The fourth-order valence-corrected chi connectivity index (χ4v) is 3.89. The van der Waals surface area contributed by atoms with Crippen LogP contribution in [-0.2, 0) is 11.3 Å². The zero-order valence-electron chi connectivity index (χ0n) is 20.8. The Balaban J connectivity index is 1.61. The van der Waals surface area contributed by atoms with Crippen LogP contribution >= 0.6 is 0 Å². The molecule has 0 radical (unpaired) electrons. The molecule has 0 fully saturated rings. The van der Waals surface area contributed by atoms with Crippen LogP contribution in [0.4, 0.5) is 0 Å². The maximum absolute atomic E-state index is 13.0. The Kier molecular flexibility index (Phi) is 7.70. The molecule has 0 unspecified atom stereocenters. The molecule has 36 heavy (non-hydrogen) atoms. The van der Waals surface area contributed by atoms with E-state index in [1.165, 1.54) is 0 Å². The Hall–Kier alpha value is -4.52. The summed E-state index contributed by atoms with van der Waals surface area (Å²) < 4.78 is 18.0. The number of ether oxygens (including phenoxy) is 3. The smallest absolute Gasteiger partial charge is 0.246 e. The average Bonchev–Trinajstić information content (AvgIpc) is 3.36. The lowest BCUT2D eigenvalue weighted by atomic mass is 10.1. The van der Waals surface area contributed by atoms with E-state index in [4.69, 9.17) is 19.3 Å². The molecule has 0 saturated carbocycles. The summed E-state index contributed by atoms with van der Waals surface area (Å²) in [6.45, 7) is 0.423. The number of likely N-dealkylation sites (N-methyl/N-ethyl adjacent to an activating group) is 1. The first kappa shape index (κ1) is 24.6. The summed E-state index contributed by atoms with van der Waals surface area (Å²) in [4.78, 5) is 14.6. The van der Waals surface area contributed by atoms with E-state index in [1.807, 2.05) is 79.0 Å². The Labute approximate surface area is 211 Å². The third-order valence-electron chi connectivity index (χ3n) is 5.77. The number of rotatable bonds is 9. The Morgan fingerprint density at radius 2 is 1.58 bits per heavy atom. The first-order chi connectivity index (χ1) is 17.5. The molecule has 7 heteroatoms. The first-order valence-corrected chi connectivity index (χ1v) is 11.5. The van der Waals surface area contributed by atoms with Gasteiger partial charge in [-0.15, -0.1) is 0 Å². The highest BCUT2D eigenvalue weighted by molar-refractivity contribution is 5.93. The van der Waals surface area contributed by atoms with Crippen LogP contribution in [0.3, 0.4) is 0 Å². The fourth-order valence-electron chi connectivity index (χ4n) is 3.89. The molecule has 0 aliphatic carbocycles. The van der Waals surface area contributed by atoms with Gasteiger partial charge >= 0.3 is 0 Å². The molecule has 0 spiro atoms. The van der Waals surface area contributed by atoms with Gasteiger partial charge < -0.3 is 19.1 Å². The average molecular weight is 484 g/mol. The number of carbonyl (C=O) groups excluding carboxylic acids is 1. The second kappa shape index (κ2) is 11.3. The summed E-state index contributed by atoms with van der Waals surface area (Å²) in [5, 5.41) is 4.82. The number of amides is 1. The van der Waals surface area contributed by atoms with Crippen molar-refractivity contribution in [2.24, 2.45) is 0 Å². The quantitative estimate of drug-likeness (QED) is 0.305. The Morgan fingerprint density at radius 1 is 0.889 bits per heavy atom. The number of nitrogens with zero attached hydrogens (tertiary/aromatic N) is 3. The van der Waals surface area contributed by atoms with E-state index < -0.39 is 0 Å². The number of benzene rings is 3. The van der Waals surface area contributed by atoms with Gasteiger partial charge in [-0.1, -0.05) is 36.4 Å². The van der Waals surface area contributed by atoms with Gasteiger partial charge in [-0.3, -0.25) is 4.79 Å². The predicted molar refractivity (Wildman–Crippen MR) is 141 cm³/mol. The first-order valence-electron chi connectivity index (χ1n) is 11.5. The second-order valence-corrected chi connectivity index (χ2v) is 8.13. The summed E-state index contributed by atoms with van der Waals surface area (Å²) in [6.07, 6.45) is 5.27. The van der Waals surface area contributed by atoms with Gasteiger partial charge in [-0.25, -0.2) is 4.68 Å². The van der Waals surface area contributed by atoms with Crippen molar-refractivity contribution < 1.29 is 19.0 Å². The summed E-state index contributed by atoms with van der Waals surface area (Å²) in [5.41, 5.74) is 4.23. The highest BCUT2D eigenvalue weighted by Crippen LogP contribution is 2.32. The minimum Gasteiger partial charge on any atom is -0.496 e. The molecule has 4 rings (SSSR count). The van der Waals surface area contributed by atoms with Crippen LogP contribution in [0, 0.1) is 0 Å². The van der Waals surface area contributed by atoms with Crippen molar-refractivity contribution in [3.05, 3.63) is 96.2 Å². The molecule has 0 N–H and O–H groups in total. The minimum absolute atomic E-state index is 0.136. The van der Waals surface area contributed by atoms with E-state index in [-0.39, 0.29) is 5.91 Å². The summed E-state index contributed by atoms with van der Waals surface area (Å²) in [7, 11) is 6.58. The molecule has 1 aromatic heterocycles. The zero-order chi connectivity index (χ0) is 25.5. The lowest BCUT2D eigenvalue weighted by molar-refractivity contribution is -0.125. The van der Waals surface area contributed by atoms with E-state index in [0.717, 1.165) is 28.1 Å². The van der Waals surface area contributed by atoms with Crippen LogP contribution in [0.2, 0.25) is 0 Å². The molecular formula is C29H29N3O4. The van der Waals surface area contributed by atoms with E-state index in [0.29, 0.717) is 23.8 Å². The largest absolute Gasteiger partial charge is 0.496 e. The van der Waals surface area contributed by atoms with Gasteiger partial charge in [0.15, 0.2) is 11.5 Å². The lowest BCUT2D eigenvalue weighted by Gasteiger charge is -2.16. The van der Waals surface area contributed by atoms with E-state index in [2.05, 4.69) is 0 Å². The third kappa shape index (κ3) is 5.41. The number of hydrogen-bond acceptors (Lipinski definition) is 5. The SMILES string of the molecule is COc1ccc(CN(C)C(=O)/C=C\c2cn(-c3ccccc3)nc2-c2ccccc2OC)cc1OC. The van der Waals surface area contributed by atoms with Crippen molar-refractivity contribution in [1.29, 1.82) is 0 Å². The highest BCUT2D eigenvalue weighted by atomic mass is 16.5. The highest BCUT2D eigenvalue weighted by Gasteiger charge is 2.15. The van der Waals surface area contributed by atoms with Crippen LogP contribution in [0.5, 0.6) is 17.2 Å². The van der Waals surface area contributed by atoms with Gasteiger partial charge in [0.05, 0.1) is 27.0 Å². The fraction of sp³-hybridized carbons (Fsp3) is 0.172.